The van der Waals surface area contributed by atoms with Gasteiger partial charge in [0.1, 0.15) is 6.33 Å². The van der Waals surface area contributed by atoms with E-state index in [4.69, 9.17) is 23.2 Å². The van der Waals surface area contributed by atoms with E-state index in [1.807, 2.05) is 34.9 Å². The van der Waals surface area contributed by atoms with E-state index >= 15 is 0 Å². The lowest BCUT2D eigenvalue weighted by Crippen LogP contribution is -2.15. The molecule has 8 heteroatoms. The number of benzene rings is 2. The van der Waals surface area contributed by atoms with Gasteiger partial charge in [0.2, 0.25) is 5.91 Å². The van der Waals surface area contributed by atoms with Gasteiger partial charge in [-0.1, -0.05) is 59.2 Å². The summed E-state index contributed by atoms with van der Waals surface area (Å²) in [5.74, 6) is -0.0646. The first-order valence-electron chi connectivity index (χ1n) is 6.97. The summed E-state index contributed by atoms with van der Waals surface area (Å²) in [4.78, 5) is 12.2. The van der Waals surface area contributed by atoms with Gasteiger partial charge < -0.3 is 5.32 Å². The summed E-state index contributed by atoms with van der Waals surface area (Å²) >= 11 is 13.4. The first-order valence-corrected chi connectivity index (χ1v) is 8.71. The maximum Gasteiger partial charge on any atom is 0.234 e. The summed E-state index contributed by atoms with van der Waals surface area (Å²) in [6.45, 7) is 0. The lowest BCUT2D eigenvalue weighted by atomic mass is 10.3. The van der Waals surface area contributed by atoms with E-state index in [2.05, 4.69) is 15.5 Å². The number of nitrogens with one attached hydrogen (secondary N) is 1. The molecule has 0 atom stereocenters. The number of hydrogen-bond donors (Lipinski definition) is 1. The van der Waals surface area contributed by atoms with Crippen LogP contribution < -0.4 is 5.32 Å². The fourth-order valence-corrected chi connectivity index (χ4v) is 3.23. The number of thioether (sulfide) groups is 1. The van der Waals surface area contributed by atoms with Gasteiger partial charge in [0.15, 0.2) is 5.16 Å². The van der Waals surface area contributed by atoms with Gasteiger partial charge in [0.25, 0.3) is 0 Å². The van der Waals surface area contributed by atoms with Gasteiger partial charge in [0, 0.05) is 5.69 Å². The number of nitrogens with zero attached hydrogens (tertiary/aromatic N) is 3. The number of halogens is 2. The molecule has 0 aliphatic carbocycles. The van der Waals surface area contributed by atoms with E-state index in [9.17, 15) is 4.79 Å². The van der Waals surface area contributed by atoms with E-state index in [0.29, 0.717) is 20.9 Å². The van der Waals surface area contributed by atoms with Crippen LogP contribution in [0.1, 0.15) is 0 Å². The number of rotatable bonds is 5. The number of amides is 1. The van der Waals surface area contributed by atoms with Crippen molar-refractivity contribution in [1.82, 2.24) is 14.8 Å². The molecular formula is C16H12Cl2N4OS. The quantitative estimate of drug-likeness (QED) is 0.672. The minimum atomic E-state index is -0.224. The summed E-state index contributed by atoms with van der Waals surface area (Å²) in [6.07, 6.45) is 1.61. The highest BCUT2D eigenvalue weighted by atomic mass is 35.5. The van der Waals surface area contributed by atoms with E-state index in [0.717, 1.165) is 5.69 Å². The Morgan fingerprint density at radius 3 is 2.50 bits per heavy atom. The molecule has 1 aromatic heterocycles. The molecule has 122 valence electrons. The summed E-state index contributed by atoms with van der Waals surface area (Å²) < 4.78 is 1.82. The molecular weight excluding hydrogens is 367 g/mol. The molecule has 0 spiro atoms. The molecule has 0 unspecified atom stereocenters. The minimum absolute atomic E-state index is 0.160. The predicted octanol–water partition coefficient (Wildman–Crippen LogP) is 4.30. The third kappa shape index (κ3) is 3.90. The second-order valence-corrected chi connectivity index (χ2v) is 6.51. The lowest BCUT2D eigenvalue weighted by Gasteiger charge is -2.09. The first-order chi connectivity index (χ1) is 11.6. The number of aromatic nitrogens is 3. The molecule has 0 bridgehead atoms. The van der Waals surface area contributed by atoms with Crippen molar-refractivity contribution in [2.75, 3.05) is 11.1 Å². The van der Waals surface area contributed by atoms with Gasteiger partial charge in [-0.3, -0.25) is 9.36 Å². The molecule has 0 saturated heterocycles. The van der Waals surface area contributed by atoms with E-state index in [-0.39, 0.29) is 11.7 Å². The second-order valence-electron chi connectivity index (χ2n) is 4.75. The monoisotopic (exact) mass is 378 g/mol. The average Bonchev–Trinajstić information content (AvgIpc) is 3.06. The van der Waals surface area contributed by atoms with Gasteiger partial charge in [-0.15, -0.1) is 10.2 Å². The number of carbonyl (C=O) groups excluding carboxylic acids is 1. The molecule has 1 heterocycles. The molecule has 5 nitrogen and oxygen atoms in total. The Hall–Kier alpha value is -2.02. The van der Waals surface area contributed by atoms with Crippen LogP contribution in [0, 0.1) is 0 Å². The highest BCUT2D eigenvalue weighted by molar-refractivity contribution is 7.99. The Kier molecular flexibility index (Phi) is 5.40. The van der Waals surface area contributed by atoms with Gasteiger partial charge in [-0.2, -0.15) is 0 Å². The SMILES string of the molecule is O=C(CSc1nncn1-c1ccccc1)Nc1c(Cl)cccc1Cl. The summed E-state index contributed by atoms with van der Waals surface area (Å²) in [6, 6.07) is 14.7. The van der Waals surface area contributed by atoms with Gasteiger partial charge >= 0.3 is 0 Å². The third-order valence-corrected chi connectivity index (χ3v) is 4.68. The smallest absolute Gasteiger partial charge is 0.234 e. The Labute approximate surface area is 153 Å². The van der Waals surface area contributed by atoms with Crippen LogP contribution in [0.25, 0.3) is 5.69 Å². The first kappa shape index (κ1) is 16.8. The number of anilines is 1. The average molecular weight is 379 g/mol. The molecule has 0 radical (unpaired) electrons. The van der Waals surface area contributed by atoms with Crippen molar-refractivity contribution < 1.29 is 4.79 Å². The van der Waals surface area contributed by atoms with E-state index in [1.165, 1.54) is 11.8 Å². The van der Waals surface area contributed by atoms with Crippen molar-refractivity contribution in [2.24, 2.45) is 0 Å². The van der Waals surface area contributed by atoms with Crippen LogP contribution in [0.5, 0.6) is 0 Å². The highest BCUT2D eigenvalue weighted by Crippen LogP contribution is 2.30. The van der Waals surface area contributed by atoms with Gasteiger partial charge in [0.05, 0.1) is 21.5 Å². The molecule has 2 aromatic carbocycles. The lowest BCUT2D eigenvalue weighted by molar-refractivity contribution is -0.113. The fraction of sp³-hybridized carbons (Fsp3) is 0.0625. The normalized spacial score (nSPS) is 10.6. The molecule has 0 saturated carbocycles. The molecule has 3 aromatic rings. The zero-order chi connectivity index (χ0) is 16.9. The Balaban J connectivity index is 1.67. The van der Waals surface area contributed by atoms with Crippen molar-refractivity contribution in [2.45, 2.75) is 5.16 Å². The summed E-state index contributed by atoms with van der Waals surface area (Å²) in [5, 5.41) is 12.1. The maximum absolute atomic E-state index is 12.2. The van der Waals surface area contributed by atoms with Crippen LogP contribution in [0.15, 0.2) is 60.0 Å². The topological polar surface area (TPSA) is 59.8 Å². The fourth-order valence-electron chi connectivity index (χ4n) is 2.01. The van der Waals surface area contributed by atoms with Crippen LogP contribution in [0.3, 0.4) is 0 Å². The van der Waals surface area contributed by atoms with Crippen molar-refractivity contribution in [3.05, 3.63) is 64.9 Å². The molecule has 1 N–H and O–H groups in total. The summed E-state index contributed by atoms with van der Waals surface area (Å²) in [7, 11) is 0. The summed E-state index contributed by atoms with van der Waals surface area (Å²) in [5.41, 5.74) is 1.34. The van der Waals surface area contributed by atoms with Gasteiger partial charge in [-0.25, -0.2) is 0 Å². The van der Waals surface area contributed by atoms with Crippen molar-refractivity contribution in [1.29, 1.82) is 0 Å². The minimum Gasteiger partial charge on any atom is -0.323 e. The Morgan fingerprint density at radius 2 is 1.79 bits per heavy atom. The van der Waals surface area contributed by atoms with Crippen LogP contribution >= 0.6 is 35.0 Å². The molecule has 24 heavy (non-hydrogen) atoms. The van der Waals surface area contributed by atoms with Crippen LogP contribution in [-0.2, 0) is 4.79 Å². The third-order valence-electron chi connectivity index (χ3n) is 3.11. The maximum atomic E-state index is 12.2. The number of hydrogen-bond acceptors (Lipinski definition) is 4. The molecule has 0 aliphatic heterocycles. The van der Waals surface area contributed by atoms with Crippen LogP contribution in [-0.4, -0.2) is 26.4 Å². The largest absolute Gasteiger partial charge is 0.323 e. The van der Waals surface area contributed by atoms with Crippen molar-refractivity contribution in [3.63, 3.8) is 0 Å². The van der Waals surface area contributed by atoms with Crippen LogP contribution in [0.2, 0.25) is 10.0 Å². The zero-order valence-corrected chi connectivity index (χ0v) is 14.6. The number of carbonyl (C=O) groups is 1. The molecule has 1 amide bonds. The second kappa shape index (κ2) is 7.70. The van der Waals surface area contributed by atoms with E-state index < -0.39 is 0 Å². The number of para-hydroxylation sites is 2. The zero-order valence-electron chi connectivity index (χ0n) is 12.3. The highest BCUT2D eigenvalue weighted by Gasteiger charge is 2.13. The molecule has 0 fully saturated rings. The predicted molar refractivity (Wildman–Crippen MR) is 97.2 cm³/mol. The standard InChI is InChI=1S/C16H12Cl2N4OS/c17-12-7-4-8-13(18)15(12)20-14(23)9-24-16-21-19-10-22(16)11-5-2-1-3-6-11/h1-8,10H,9H2,(H,20,23). The Bertz CT molecular complexity index is 834. The van der Waals surface area contributed by atoms with E-state index in [1.54, 1.807) is 24.5 Å². The van der Waals surface area contributed by atoms with Crippen molar-refractivity contribution >= 4 is 46.6 Å². The van der Waals surface area contributed by atoms with Crippen LogP contribution in [0.4, 0.5) is 5.69 Å². The molecule has 0 aliphatic rings. The molecule has 3 rings (SSSR count). The van der Waals surface area contributed by atoms with Crippen molar-refractivity contribution in [3.8, 4) is 5.69 Å². The van der Waals surface area contributed by atoms with Gasteiger partial charge in [-0.05, 0) is 24.3 Å². The Morgan fingerprint density at radius 1 is 1.08 bits per heavy atom.